The van der Waals surface area contributed by atoms with E-state index in [1.807, 2.05) is 23.6 Å². The van der Waals surface area contributed by atoms with Crippen LogP contribution in [0.25, 0.3) is 0 Å². The predicted octanol–water partition coefficient (Wildman–Crippen LogP) is 7.46. The number of halogens is 1. The van der Waals surface area contributed by atoms with E-state index in [0.717, 1.165) is 31.2 Å². The summed E-state index contributed by atoms with van der Waals surface area (Å²) in [4.78, 5) is 14.2. The molecule has 0 bridgehead atoms. The molecule has 7 nitrogen and oxygen atoms in total. The Morgan fingerprint density at radius 1 is 1.46 bits per heavy atom. The number of aromatic nitrogens is 3. The minimum atomic E-state index is -0.392. The molecule has 1 aliphatic carbocycles. The van der Waals surface area contributed by atoms with Crippen LogP contribution in [0.3, 0.4) is 0 Å². The Hall–Kier alpha value is -2.80. The van der Waals surface area contributed by atoms with Crippen LogP contribution < -0.4 is 10.1 Å². The standard InChI is InChI=1S/C29H34ClN5O2S2/c1-6-13-35-26(18(3)37-21-10-8-9-20(30)15-21)33-34-28(35)38-17-25(36)32-27-23(16-31)22-12-11-19(14-24(22)39-27)29(4,5)7-2/h6,8-10,15,18-19H,1,7,11-14,17H2,2-5H3,(H,32,36). The largest absolute Gasteiger partial charge is 0.483 e. The van der Waals surface area contributed by atoms with Crippen molar-refractivity contribution < 1.29 is 9.53 Å². The molecule has 2 heterocycles. The SMILES string of the molecule is C=CCn1c(SCC(=O)Nc2sc3c(c2C#N)CCC(C(C)(C)CC)C3)nnc1C(C)Oc1cccc(Cl)c1. The lowest BCUT2D eigenvalue weighted by Gasteiger charge is -2.36. The van der Waals surface area contributed by atoms with E-state index in [2.05, 4.69) is 48.9 Å². The monoisotopic (exact) mass is 583 g/mol. The number of thioether (sulfide) groups is 1. The third-order valence-electron chi connectivity index (χ3n) is 7.51. The molecule has 0 aliphatic heterocycles. The lowest BCUT2D eigenvalue weighted by molar-refractivity contribution is -0.113. The van der Waals surface area contributed by atoms with E-state index >= 15 is 0 Å². The molecule has 10 heteroatoms. The summed E-state index contributed by atoms with van der Waals surface area (Å²) in [5.74, 6) is 1.79. The minimum absolute atomic E-state index is 0.137. The normalized spacial score (nSPS) is 15.7. The van der Waals surface area contributed by atoms with Crippen LogP contribution in [-0.4, -0.2) is 26.4 Å². The Bertz CT molecular complexity index is 1390. The van der Waals surface area contributed by atoms with Gasteiger partial charge in [-0.15, -0.1) is 28.1 Å². The van der Waals surface area contributed by atoms with Gasteiger partial charge in [0.2, 0.25) is 5.91 Å². The van der Waals surface area contributed by atoms with Crippen LogP contribution in [0, 0.1) is 22.7 Å². The highest BCUT2D eigenvalue weighted by Gasteiger charge is 2.34. The summed E-state index contributed by atoms with van der Waals surface area (Å²) in [5.41, 5.74) is 1.98. The number of rotatable bonds is 11. The van der Waals surface area contributed by atoms with Crippen molar-refractivity contribution >= 4 is 45.6 Å². The predicted molar refractivity (Wildman–Crippen MR) is 159 cm³/mol. The van der Waals surface area contributed by atoms with Gasteiger partial charge >= 0.3 is 0 Å². The van der Waals surface area contributed by atoms with E-state index < -0.39 is 6.10 Å². The molecule has 2 atom stereocenters. The Labute approximate surface area is 243 Å². The molecule has 2 aromatic heterocycles. The number of benzene rings is 1. The van der Waals surface area contributed by atoms with E-state index in [1.54, 1.807) is 29.5 Å². The zero-order valence-corrected chi connectivity index (χ0v) is 25.2. The quantitative estimate of drug-likeness (QED) is 0.186. The molecule has 1 N–H and O–H groups in total. The summed E-state index contributed by atoms with van der Waals surface area (Å²) in [6.45, 7) is 13.1. The Kier molecular flexibility index (Phi) is 9.42. The van der Waals surface area contributed by atoms with Crippen molar-refractivity contribution in [2.45, 2.75) is 71.2 Å². The zero-order valence-electron chi connectivity index (χ0n) is 22.8. The van der Waals surface area contributed by atoms with Gasteiger partial charge in [0.25, 0.3) is 0 Å². The Balaban J connectivity index is 1.43. The molecule has 39 heavy (non-hydrogen) atoms. The lowest BCUT2D eigenvalue weighted by Crippen LogP contribution is -2.28. The molecular formula is C29H34ClN5O2S2. The molecule has 0 saturated carbocycles. The van der Waals surface area contributed by atoms with Gasteiger partial charge < -0.3 is 10.1 Å². The average molecular weight is 584 g/mol. The number of nitrogens with zero attached hydrogens (tertiary/aromatic N) is 4. The number of carbonyl (C=O) groups excluding carboxylic acids is 1. The summed E-state index contributed by atoms with van der Waals surface area (Å²) in [7, 11) is 0. The van der Waals surface area contributed by atoms with Crippen molar-refractivity contribution in [2.24, 2.45) is 11.3 Å². The van der Waals surface area contributed by atoms with Crippen molar-refractivity contribution in [3.63, 3.8) is 0 Å². The molecule has 1 aromatic carbocycles. The number of carbonyl (C=O) groups is 1. The first kappa shape index (κ1) is 29.2. The number of hydrogen-bond donors (Lipinski definition) is 1. The first-order valence-electron chi connectivity index (χ1n) is 13.1. The second kappa shape index (κ2) is 12.6. The summed E-state index contributed by atoms with van der Waals surface area (Å²) >= 11 is 8.93. The van der Waals surface area contributed by atoms with Crippen LogP contribution in [0.4, 0.5) is 5.00 Å². The minimum Gasteiger partial charge on any atom is -0.483 e. The number of hydrogen-bond acceptors (Lipinski definition) is 7. The van der Waals surface area contributed by atoms with Crippen molar-refractivity contribution in [1.82, 2.24) is 14.8 Å². The number of fused-ring (bicyclic) bond motifs is 1. The average Bonchev–Trinajstić information content (AvgIpc) is 3.47. The Morgan fingerprint density at radius 3 is 2.95 bits per heavy atom. The first-order valence-corrected chi connectivity index (χ1v) is 15.3. The Morgan fingerprint density at radius 2 is 2.26 bits per heavy atom. The van der Waals surface area contributed by atoms with Crippen LogP contribution >= 0.6 is 34.7 Å². The van der Waals surface area contributed by atoms with E-state index in [0.29, 0.717) is 44.8 Å². The third kappa shape index (κ3) is 6.68. The lowest BCUT2D eigenvalue weighted by atomic mass is 9.69. The molecule has 2 unspecified atom stereocenters. The number of thiophene rings is 1. The van der Waals surface area contributed by atoms with Gasteiger partial charge in [0.1, 0.15) is 16.8 Å². The summed E-state index contributed by atoms with van der Waals surface area (Å²) in [6, 6.07) is 9.53. The number of amides is 1. The second-order valence-electron chi connectivity index (χ2n) is 10.4. The zero-order chi connectivity index (χ0) is 28.2. The molecule has 4 rings (SSSR count). The summed E-state index contributed by atoms with van der Waals surface area (Å²) in [6.07, 6.45) is 5.40. The van der Waals surface area contributed by atoms with Gasteiger partial charge in [-0.05, 0) is 61.3 Å². The highest BCUT2D eigenvalue weighted by Crippen LogP contribution is 2.45. The van der Waals surface area contributed by atoms with Crippen LogP contribution in [0.5, 0.6) is 5.75 Å². The summed E-state index contributed by atoms with van der Waals surface area (Å²) in [5, 5.41) is 23.4. The topological polar surface area (TPSA) is 92.8 Å². The van der Waals surface area contributed by atoms with E-state index in [4.69, 9.17) is 16.3 Å². The fraction of sp³-hybridized carbons (Fsp3) is 0.448. The smallest absolute Gasteiger partial charge is 0.235 e. The first-order chi connectivity index (χ1) is 18.7. The molecule has 1 aliphatic rings. The van der Waals surface area contributed by atoms with Crippen molar-refractivity contribution in [2.75, 3.05) is 11.1 Å². The number of anilines is 1. The second-order valence-corrected chi connectivity index (χ2v) is 12.9. The third-order valence-corrected chi connectivity index (χ3v) is 9.88. The molecule has 0 saturated heterocycles. The van der Waals surface area contributed by atoms with Gasteiger partial charge in [-0.1, -0.05) is 62.7 Å². The molecule has 0 radical (unpaired) electrons. The fourth-order valence-electron chi connectivity index (χ4n) is 4.85. The van der Waals surface area contributed by atoms with Crippen LogP contribution in [0.1, 0.15) is 68.5 Å². The number of nitriles is 1. The van der Waals surface area contributed by atoms with Gasteiger partial charge in [-0.25, -0.2) is 0 Å². The molecule has 206 valence electrons. The fourth-order valence-corrected chi connectivity index (χ4v) is 7.08. The van der Waals surface area contributed by atoms with E-state index in [1.165, 1.54) is 16.6 Å². The number of ether oxygens (including phenoxy) is 1. The molecule has 1 amide bonds. The van der Waals surface area contributed by atoms with Crippen LogP contribution in [-0.2, 0) is 24.2 Å². The van der Waals surface area contributed by atoms with Crippen molar-refractivity contribution in [1.29, 1.82) is 5.26 Å². The number of allylic oxidation sites excluding steroid dienone is 1. The molecule has 3 aromatic rings. The summed E-state index contributed by atoms with van der Waals surface area (Å²) < 4.78 is 7.92. The van der Waals surface area contributed by atoms with Gasteiger partial charge in [-0.2, -0.15) is 5.26 Å². The highest BCUT2D eigenvalue weighted by atomic mass is 35.5. The van der Waals surface area contributed by atoms with Crippen molar-refractivity contribution in [3.05, 3.63) is 63.8 Å². The van der Waals surface area contributed by atoms with Gasteiger partial charge in [-0.3, -0.25) is 9.36 Å². The number of nitrogens with one attached hydrogen (secondary N) is 1. The maximum atomic E-state index is 13.0. The van der Waals surface area contributed by atoms with Crippen LogP contribution in [0.2, 0.25) is 5.02 Å². The van der Waals surface area contributed by atoms with E-state index in [9.17, 15) is 10.1 Å². The van der Waals surface area contributed by atoms with E-state index in [-0.39, 0.29) is 17.1 Å². The van der Waals surface area contributed by atoms with Gasteiger partial charge in [0.15, 0.2) is 17.1 Å². The van der Waals surface area contributed by atoms with Gasteiger partial charge in [0.05, 0.1) is 11.3 Å². The maximum absolute atomic E-state index is 13.0. The van der Waals surface area contributed by atoms with Crippen LogP contribution in [0.15, 0.2) is 42.1 Å². The molecule has 0 fully saturated rings. The van der Waals surface area contributed by atoms with Gasteiger partial charge in [0, 0.05) is 16.4 Å². The highest BCUT2D eigenvalue weighted by molar-refractivity contribution is 7.99. The molecular weight excluding hydrogens is 550 g/mol. The molecule has 0 spiro atoms. The maximum Gasteiger partial charge on any atom is 0.235 e. The van der Waals surface area contributed by atoms with Crippen molar-refractivity contribution in [3.8, 4) is 11.8 Å².